The summed E-state index contributed by atoms with van der Waals surface area (Å²) < 4.78 is 2.82. The lowest BCUT2D eigenvalue weighted by Crippen LogP contribution is -2.21. The molecule has 2 nitrogen and oxygen atoms in total. The van der Waals surface area contributed by atoms with Gasteiger partial charge in [-0.25, -0.2) is 0 Å². The van der Waals surface area contributed by atoms with E-state index in [0.29, 0.717) is 0 Å². The summed E-state index contributed by atoms with van der Waals surface area (Å²) in [6.45, 7) is 4.96. The Hall–Kier alpha value is -0.570. The average molecular weight is 328 g/mol. The van der Waals surface area contributed by atoms with E-state index in [2.05, 4.69) is 22.9 Å². The van der Waals surface area contributed by atoms with E-state index in [1.807, 2.05) is 23.8 Å². The number of aromatic nitrogens is 1. The van der Waals surface area contributed by atoms with Crippen molar-refractivity contribution < 1.29 is 0 Å². The summed E-state index contributed by atoms with van der Waals surface area (Å²) in [6, 6.07) is 1.88. The summed E-state index contributed by atoms with van der Waals surface area (Å²) in [5, 5.41) is 0. The van der Waals surface area contributed by atoms with E-state index in [1.165, 1.54) is 44.9 Å². The molecule has 3 heteroatoms. The van der Waals surface area contributed by atoms with Gasteiger partial charge in [0.05, 0.1) is 0 Å². The molecule has 0 N–H and O–H groups in total. The van der Waals surface area contributed by atoms with Gasteiger partial charge in [-0.15, -0.1) is 0 Å². The summed E-state index contributed by atoms with van der Waals surface area (Å²) in [5.74, 6) is 0. The van der Waals surface area contributed by atoms with E-state index in [1.54, 1.807) is 0 Å². The van der Waals surface area contributed by atoms with Gasteiger partial charge in [-0.05, 0) is 35.3 Å². The molecule has 0 radical (unpaired) electrons. The highest BCUT2D eigenvalue weighted by atomic mass is 79.9. The van der Waals surface area contributed by atoms with E-state index >= 15 is 0 Å². The van der Waals surface area contributed by atoms with Crippen LogP contribution in [0.1, 0.15) is 63.9 Å². The van der Waals surface area contributed by atoms with Crippen molar-refractivity contribution >= 4 is 15.9 Å². The van der Waals surface area contributed by atoms with Crippen molar-refractivity contribution in [2.24, 2.45) is 0 Å². The number of hydrogen-bond acceptors (Lipinski definition) is 1. The Bertz CT molecular complexity index is 425. The van der Waals surface area contributed by atoms with Crippen LogP contribution in [0, 0.1) is 6.92 Å². The highest BCUT2D eigenvalue weighted by Crippen LogP contribution is 2.11. The van der Waals surface area contributed by atoms with Gasteiger partial charge >= 0.3 is 0 Å². The normalized spacial score (nSPS) is 10.9. The predicted molar refractivity (Wildman–Crippen MR) is 85.7 cm³/mol. The van der Waals surface area contributed by atoms with Crippen molar-refractivity contribution in [3.05, 3.63) is 32.7 Å². The van der Waals surface area contributed by atoms with Crippen LogP contribution in [0.3, 0.4) is 0 Å². The van der Waals surface area contributed by atoms with Crippen molar-refractivity contribution in [3.8, 4) is 0 Å². The number of halogens is 1. The van der Waals surface area contributed by atoms with Crippen LogP contribution >= 0.6 is 15.9 Å². The van der Waals surface area contributed by atoms with Gasteiger partial charge in [-0.1, -0.05) is 51.9 Å². The van der Waals surface area contributed by atoms with Gasteiger partial charge in [0.15, 0.2) is 0 Å². The van der Waals surface area contributed by atoms with E-state index in [9.17, 15) is 4.79 Å². The predicted octanol–water partition coefficient (Wildman–Crippen LogP) is 5.06. The Labute approximate surface area is 125 Å². The third kappa shape index (κ3) is 6.42. The quantitative estimate of drug-likeness (QED) is 0.581. The maximum absolute atomic E-state index is 11.9. The van der Waals surface area contributed by atoms with Crippen LogP contribution in [-0.2, 0) is 6.54 Å². The molecular weight excluding hydrogens is 302 g/mol. The van der Waals surface area contributed by atoms with Crippen LogP contribution < -0.4 is 5.56 Å². The molecule has 0 amide bonds. The lowest BCUT2D eigenvalue weighted by molar-refractivity contribution is 0.536. The van der Waals surface area contributed by atoms with Crippen molar-refractivity contribution in [2.45, 2.75) is 71.8 Å². The Morgan fingerprint density at radius 1 is 1.05 bits per heavy atom. The molecule has 0 aliphatic rings. The van der Waals surface area contributed by atoms with Crippen LogP contribution in [0.4, 0.5) is 0 Å². The number of rotatable bonds is 9. The molecule has 19 heavy (non-hydrogen) atoms. The standard InChI is InChI=1S/C16H26BrNO/c1-3-4-5-6-7-8-9-10-11-18-13-15(17)12-14(2)16(18)19/h12-13H,3-11H2,1-2H3. The van der Waals surface area contributed by atoms with Crippen molar-refractivity contribution in [1.29, 1.82) is 0 Å². The van der Waals surface area contributed by atoms with E-state index in [0.717, 1.165) is 23.0 Å². The molecule has 0 unspecified atom stereocenters. The Kier molecular flexibility index (Phi) is 8.11. The highest BCUT2D eigenvalue weighted by Gasteiger charge is 2.01. The van der Waals surface area contributed by atoms with Crippen molar-refractivity contribution in [1.82, 2.24) is 4.57 Å². The molecule has 0 saturated carbocycles. The average Bonchev–Trinajstić information content (AvgIpc) is 2.38. The topological polar surface area (TPSA) is 22.0 Å². The zero-order valence-corrected chi connectivity index (χ0v) is 13.8. The molecule has 1 rings (SSSR count). The molecule has 108 valence electrons. The smallest absolute Gasteiger partial charge is 0.253 e. The maximum atomic E-state index is 11.9. The minimum Gasteiger partial charge on any atom is -0.314 e. The van der Waals surface area contributed by atoms with Gasteiger partial charge < -0.3 is 4.57 Å². The zero-order valence-electron chi connectivity index (χ0n) is 12.3. The van der Waals surface area contributed by atoms with Gasteiger partial charge in [-0.3, -0.25) is 4.79 Å². The van der Waals surface area contributed by atoms with Gasteiger partial charge in [0.1, 0.15) is 0 Å². The lowest BCUT2D eigenvalue weighted by Gasteiger charge is -2.07. The van der Waals surface area contributed by atoms with Crippen LogP contribution in [0.5, 0.6) is 0 Å². The fourth-order valence-corrected chi connectivity index (χ4v) is 2.91. The minimum atomic E-state index is 0.145. The zero-order chi connectivity index (χ0) is 14.1. The second kappa shape index (κ2) is 9.35. The molecule has 0 saturated heterocycles. The molecular formula is C16H26BrNO. The fraction of sp³-hybridized carbons (Fsp3) is 0.688. The first kappa shape index (κ1) is 16.5. The first-order valence-electron chi connectivity index (χ1n) is 7.51. The summed E-state index contributed by atoms with van der Waals surface area (Å²) in [4.78, 5) is 11.9. The maximum Gasteiger partial charge on any atom is 0.253 e. The number of pyridine rings is 1. The molecule has 0 bridgehead atoms. The number of aryl methyl sites for hydroxylation is 2. The number of nitrogens with zero attached hydrogens (tertiary/aromatic N) is 1. The molecule has 0 aliphatic heterocycles. The van der Waals surface area contributed by atoms with E-state index in [-0.39, 0.29) is 5.56 Å². The molecule has 0 fully saturated rings. The van der Waals surface area contributed by atoms with Gasteiger partial charge in [0.25, 0.3) is 5.56 Å². The first-order valence-corrected chi connectivity index (χ1v) is 8.31. The summed E-state index contributed by atoms with van der Waals surface area (Å²) in [5.41, 5.74) is 0.958. The third-order valence-electron chi connectivity index (χ3n) is 3.48. The second-order valence-corrected chi connectivity index (χ2v) is 6.23. The molecule has 1 heterocycles. The van der Waals surface area contributed by atoms with Crippen molar-refractivity contribution in [2.75, 3.05) is 0 Å². The van der Waals surface area contributed by atoms with Gasteiger partial charge in [-0.2, -0.15) is 0 Å². The summed E-state index contributed by atoms with van der Waals surface area (Å²) >= 11 is 3.45. The molecule has 0 aromatic carbocycles. The number of unbranched alkanes of at least 4 members (excludes halogenated alkanes) is 7. The molecule has 1 aromatic rings. The molecule has 1 aromatic heterocycles. The Morgan fingerprint density at radius 2 is 1.63 bits per heavy atom. The second-order valence-electron chi connectivity index (χ2n) is 5.31. The van der Waals surface area contributed by atoms with Crippen LogP contribution in [0.15, 0.2) is 21.5 Å². The lowest BCUT2D eigenvalue weighted by atomic mass is 10.1. The van der Waals surface area contributed by atoms with Crippen molar-refractivity contribution in [3.63, 3.8) is 0 Å². The molecule has 0 atom stereocenters. The van der Waals surface area contributed by atoms with E-state index < -0.39 is 0 Å². The third-order valence-corrected chi connectivity index (χ3v) is 3.92. The largest absolute Gasteiger partial charge is 0.314 e. The Morgan fingerprint density at radius 3 is 2.26 bits per heavy atom. The fourth-order valence-electron chi connectivity index (χ4n) is 2.32. The van der Waals surface area contributed by atoms with Crippen LogP contribution in [0.2, 0.25) is 0 Å². The van der Waals surface area contributed by atoms with Crippen LogP contribution in [-0.4, -0.2) is 4.57 Å². The Balaban J connectivity index is 2.21. The van der Waals surface area contributed by atoms with Gasteiger partial charge in [0, 0.05) is 22.8 Å². The first-order chi connectivity index (χ1) is 9.15. The molecule has 0 aliphatic carbocycles. The highest BCUT2D eigenvalue weighted by molar-refractivity contribution is 9.10. The van der Waals surface area contributed by atoms with Gasteiger partial charge in [0.2, 0.25) is 0 Å². The summed E-state index contributed by atoms with van der Waals surface area (Å²) in [6.07, 6.45) is 12.3. The minimum absolute atomic E-state index is 0.145. The van der Waals surface area contributed by atoms with E-state index in [4.69, 9.17) is 0 Å². The number of hydrogen-bond donors (Lipinski definition) is 0. The summed E-state index contributed by atoms with van der Waals surface area (Å²) in [7, 11) is 0. The monoisotopic (exact) mass is 327 g/mol. The SMILES string of the molecule is CCCCCCCCCCn1cc(Br)cc(C)c1=O. The molecule has 0 spiro atoms. The van der Waals surface area contributed by atoms with Crippen LogP contribution in [0.25, 0.3) is 0 Å².